The molecule has 472 valence electrons. The predicted octanol–water partition coefficient (Wildman–Crippen LogP) is 24.4. The second-order valence-electron chi connectivity index (χ2n) is 23.4. The fraction of sp³-hybridized carbons (Fsp3) is 0.750. The molecule has 0 aromatic heterocycles. The normalized spacial score (nSPS) is 12.7. The number of rotatable bonds is 64. The smallest absolute Gasteiger partial charge is 0.306 e. The fourth-order valence-corrected chi connectivity index (χ4v) is 10.1. The summed E-state index contributed by atoms with van der Waals surface area (Å²) in [6.45, 7) is 6.47. The standard InChI is InChI=1S/C76H132O6/c1-4-7-10-13-16-19-22-24-26-28-30-31-32-33-34-35-36-37-38-39-40-41-42-43-44-45-47-48-50-52-54-57-60-63-66-69-75(78)81-72-73(71-80-74(77)68-65-62-59-56-21-18-15-12-9-6-3)82-76(79)70-67-64-61-58-55-53-51-49-46-29-27-25-23-20-17-14-11-8-5-2/h8,11,17,20,22,24-25,27-28,30,46,49,53,55,61,64,73H,4-7,9-10,12-16,18-19,21,23,26,29,31-45,47-48,50-52,54,56-60,62-63,65-72H2,1-3H3/b11-8-,20-17-,24-22-,27-25-,30-28-,49-46-,55-53-,64-61-. The molecule has 0 heterocycles. The van der Waals surface area contributed by atoms with E-state index in [0.29, 0.717) is 19.3 Å². The molecular weight excluding hydrogens is 1010 g/mol. The molecule has 0 saturated carbocycles. The van der Waals surface area contributed by atoms with Crippen LogP contribution in [0.1, 0.15) is 348 Å². The number of ether oxygens (including phenoxy) is 3. The van der Waals surface area contributed by atoms with Crippen LogP contribution in [0.15, 0.2) is 97.2 Å². The van der Waals surface area contributed by atoms with Gasteiger partial charge in [0.05, 0.1) is 0 Å². The van der Waals surface area contributed by atoms with Gasteiger partial charge in [0.15, 0.2) is 6.10 Å². The summed E-state index contributed by atoms with van der Waals surface area (Å²) in [7, 11) is 0. The van der Waals surface area contributed by atoms with Crippen molar-refractivity contribution in [3.8, 4) is 0 Å². The van der Waals surface area contributed by atoms with Crippen LogP contribution in [-0.2, 0) is 28.6 Å². The molecule has 82 heavy (non-hydrogen) atoms. The Bertz CT molecular complexity index is 1590. The molecule has 0 N–H and O–H groups in total. The number of hydrogen-bond donors (Lipinski definition) is 0. The molecule has 0 bridgehead atoms. The van der Waals surface area contributed by atoms with Crippen molar-refractivity contribution in [1.29, 1.82) is 0 Å². The van der Waals surface area contributed by atoms with Crippen LogP contribution in [-0.4, -0.2) is 37.2 Å². The Morgan fingerprint density at radius 3 is 0.793 bits per heavy atom. The van der Waals surface area contributed by atoms with Gasteiger partial charge in [-0.15, -0.1) is 0 Å². The van der Waals surface area contributed by atoms with E-state index in [1.54, 1.807) is 0 Å². The minimum atomic E-state index is -0.816. The van der Waals surface area contributed by atoms with Gasteiger partial charge in [-0.2, -0.15) is 0 Å². The Balaban J connectivity index is 4.12. The van der Waals surface area contributed by atoms with Crippen molar-refractivity contribution in [3.63, 3.8) is 0 Å². The SMILES string of the molecule is CC/C=C\C/C=C\C/C=C\C/C=C\C/C=C\C/C=C\CCC(=O)OC(COC(=O)CCCCCCCCCCCC)COC(=O)CCCCCCCCCCCCCCCCCCCCCCCCC/C=C\C/C=C\CCCCCCC. The van der Waals surface area contributed by atoms with E-state index >= 15 is 0 Å². The van der Waals surface area contributed by atoms with Crippen LogP contribution in [0.4, 0.5) is 0 Å². The van der Waals surface area contributed by atoms with Crippen molar-refractivity contribution in [1.82, 2.24) is 0 Å². The zero-order chi connectivity index (χ0) is 59.2. The Morgan fingerprint density at radius 1 is 0.256 bits per heavy atom. The van der Waals surface area contributed by atoms with E-state index in [1.807, 2.05) is 6.08 Å². The molecule has 6 heteroatoms. The summed E-state index contributed by atoms with van der Waals surface area (Å²) in [5, 5.41) is 0. The van der Waals surface area contributed by atoms with Gasteiger partial charge in [-0.25, -0.2) is 0 Å². The van der Waals surface area contributed by atoms with Crippen molar-refractivity contribution >= 4 is 17.9 Å². The number of carbonyl (C=O) groups excluding carboxylic acids is 3. The van der Waals surface area contributed by atoms with Gasteiger partial charge in [0, 0.05) is 19.3 Å². The van der Waals surface area contributed by atoms with Crippen LogP contribution in [0.5, 0.6) is 0 Å². The average Bonchev–Trinajstić information content (AvgIpc) is 3.48. The van der Waals surface area contributed by atoms with Gasteiger partial charge in [0.25, 0.3) is 0 Å². The third kappa shape index (κ3) is 67.1. The maximum absolute atomic E-state index is 12.9. The third-order valence-electron chi connectivity index (χ3n) is 15.3. The van der Waals surface area contributed by atoms with E-state index in [2.05, 4.69) is 112 Å². The first-order valence-electron chi connectivity index (χ1n) is 35.2. The quantitative estimate of drug-likeness (QED) is 0.0261. The Morgan fingerprint density at radius 2 is 0.500 bits per heavy atom. The second-order valence-corrected chi connectivity index (χ2v) is 23.4. The highest BCUT2D eigenvalue weighted by Crippen LogP contribution is 2.18. The highest BCUT2D eigenvalue weighted by atomic mass is 16.6. The topological polar surface area (TPSA) is 78.9 Å². The van der Waals surface area contributed by atoms with Gasteiger partial charge in [0.1, 0.15) is 13.2 Å². The molecular formula is C76H132O6. The highest BCUT2D eigenvalue weighted by molar-refractivity contribution is 5.71. The first-order valence-corrected chi connectivity index (χ1v) is 35.2. The summed E-state index contributed by atoms with van der Waals surface area (Å²) >= 11 is 0. The number of esters is 3. The lowest BCUT2D eigenvalue weighted by molar-refractivity contribution is -0.166. The van der Waals surface area contributed by atoms with Crippen LogP contribution in [0.3, 0.4) is 0 Å². The van der Waals surface area contributed by atoms with Crippen LogP contribution in [0.25, 0.3) is 0 Å². The summed E-state index contributed by atoms with van der Waals surface area (Å²) < 4.78 is 16.8. The molecule has 0 aliphatic heterocycles. The van der Waals surface area contributed by atoms with Crippen molar-refractivity contribution in [3.05, 3.63) is 97.2 Å². The molecule has 0 aliphatic carbocycles. The average molecular weight is 1140 g/mol. The lowest BCUT2D eigenvalue weighted by Crippen LogP contribution is -2.30. The molecule has 1 unspecified atom stereocenters. The van der Waals surface area contributed by atoms with Gasteiger partial charge in [-0.3, -0.25) is 14.4 Å². The van der Waals surface area contributed by atoms with Crippen molar-refractivity contribution < 1.29 is 28.6 Å². The van der Waals surface area contributed by atoms with Crippen LogP contribution < -0.4 is 0 Å². The Kier molecular flexibility index (Phi) is 66.7. The molecule has 0 aromatic carbocycles. The van der Waals surface area contributed by atoms with Gasteiger partial charge >= 0.3 is 17.9 Å². The minimum Gasteiger partial charge on any atom is -0.462 e. The van der Waals surface area contributed by atoms with Crippen molar-refractivity contribution in [2.75, 3.05) is 13.2 Å². The molecule has 0 fully saturated rings. The van der Waals surface area contributed by atoms with Gasteiger partial charge < -0.3 is 14.2 Å². The van der Waals surface area contributed by atoms with E-state index < -0.39 is 6.10 Å². The van der Waals surface area contributed by atoms with Gasteiger partial charge in [-0.05, 0) is 89.9 Å². The largest absolute Gasteiger partial charge is 0.462 e. The molecule has 0 radical (unpaired) electrons. The van der Waals surface area contributed by atoms with E-state index in [1.165, 1.54) is 218 Å². The number of unbranched alkanes of at least 4 members (excludes halogenated alkanes) is 37. The van der Waals surface area contributed by atoms with E-state index in [0.717, 1.165) is 83.5 Å². The van der Waals surface area contributed by atoms with Crippen LogP contribution in [0.2, 0.25) is 0 Å². The summed E-state index contributed by atoms with van der Waals surface area (Å²) in [6, 6.07) is 0. The maximum Gasteiger partial charge on any atom is 0.306 e. The van der Waals surface area contributed by atoms with Gasteiger partial charge in [0.2, 0.25) is 0 Å². The lowest BCUT2D eigenvalue weighted by Gasteiger charge is -2.18. The predicted molar refractivity (Wildman–Crippen MR) is 357 cm³/mol. The van der Waals surface area contributed by atoms with Crippen molar-refractivity contribution in [2.45, 2.75) is 354 Å². The second kappa shape index (κ2) is 69.8. The first-order chi connectivity index (χ1) is 40.5. The van der Waals surface area contributed by atoms with Crippen LogP contribution >= 0.6 is 0 Å². The summed E-state index contributed by atoms with van der Waals surface area (Å²) in [6.07, 6.45) is 94.8. The Hall–Kier alpha value is -3.67. The molecule has 0 spiro atoms. The fourth-order valence-electron chi connectivity index (χ4n) is 10.1. The molecule has 6 nitrogen and oxygen atoms in total. The minimum absolute atomic E-state index is 0.104. The maximum atomic E-state index is 12.9. The van der Waals surface area contributed by atoms with Gasteiger partial charge in [-0.1, -0.05) is 336 Å². The van der Waals surface area contributed by atoms with E-state index in [9.17, 15) is 14.4 Å². The monoisotopic (exact) mass is 1140 g/mol. The number of carbonyl (C=O) groups is 3. The highest BCUT2D eigenvalue weighted by Gasteiger charge is 2.19. The lowest BCUT2D eigenvalue weighted by atomic mass is 10.0. The molecule has 1 atom stereocenters. The molecule has 0 aromatic rings. The molecule has 0 aliphatic rings. The Labute approximate surface area is 508 Å². The summed E-state index contributed by atoms with van der Waals surface area (Å²) in [5.74, 6) is -0.977. The first kappa shape index (κ1) is 78.3. The number of hydrogen-bond acceptors (Lipinski definition) is 6. The molecule has 0 amide bonds. The van der Waals surface area contributed by atoms with E-state index in [4.69, 9.17) is 14.2 Å². The molecule has 0 saturated heterocycles. The third-order valence-corrected chi connectivity index (χ3v) is 15.3. The van der Waals surface area contributed by atoms with Crippen LogP contribution in [0, 0.1) is 0 Å². The van der Waals surface area contributed by atoms with Crippen molar-refractivity contribution in [2.24, 2.45) is 0 Å². The zero-order valence-electron chi connectivity index (χ0n) is 54.2. The zero-order valence-corrected chi connectivity index (χ0v) is 54.2. The van der Waals surface area contributed by atoms with E-state index in [-0.39, 0.29) is 37.5 Å². The number of allylic oxidation sites excluding steroid dienone is 16. The molecule has 0 rings (SSSR count). The summed E-state index contributed by atoms with van der Waals surface area (Å²) in [4.78, 5) is 38.2. The summed E-state index contributed by atoms with van der Waals surface area (Å²) in [5.41, 5.74) is 0.